The van der Waals surface area contributed by atoms with Crippen LogP contribution in [-0.4, -0.2) is 28.8 Å². The van der Waals surface area contributed by atoms with E-state index in [2.05, 4.69) is 5.32 Å². The summed E-state index contributed by atoms with van der Waals surface area (Å²) in [5.41, 5.74) is 1.54. The molecule has 0 heterocycles. The minimum atomic E-state index is -1.09. The second-order valence-corrected chi connectivity index (χ2v) is 4.08. The van der Waals surface area contributed by atoms with Gasteiger partial charge in [0, 0.05) is 16.8 Å². The average molecular weight is 257 g/mol. The van der Waals surface area contributed by atoms with Crippen LogP contribution in [0.25, 0.3) is 0 Å². The van der Waals surface area contributed by atoms with E-state index >= 15 is 0 Å². The summed E-state index contributed by atoms with van der Waals surface area (Å²) < 4.78 is 0. The van der Waals surface area contributed by atoms with Crippen LogP contribution in [0.15, 0.2) is 54.6 Å². The first kappa shape index (κ1) is 13.3. The molecule has 2 rings (SSSR count). The molecule has 0 aliphatic heterocycles. The Kier molecular flexibility index (Phi) is 4.28. The number of carbonyl (C=O) groups excluding carboxylic acids is 1. The Morgan fingerprint density at radius 2 is 1.68 bits per heavy atom. The number of carbonyl (C=O) groups is 1. The van der Waals surface area contributed by atoms with Crippen LogP contribution in [-0.2, 0) is 0 Å². The fourth-order valence-corrected chi connectivity index (χ4v) is 1.78. The number of benzene rings is 2. The van der Waals surface area contributed by atoms with E-state index in [0.29, 0.717) is 16.8 Å². The maximum Gasteiger partial charge on any atom is 0.195 e. The molecular weight excluding hydrogens is 242 g/mol. The van der Waals surface area contributed by atoms with Crippen LogP contribution in [0.5, 0.6) is 0 Å². The van der Waals surface area contributed by atoms with Crippen molar-refractivity contribution in [2.75, 3.05) is 11.9 Å². The van der Waals surface area contributed by atoms with Gasteiger partial charge < -0.3 is 15.5 Å². The number of aliphatic hydroxyl groups excluding tert-OH is 2. The molecular formula is C15H15NO3. The Labute approximate surface area is 111 Å². The first-order valence-corrected chi connectivity index (χ1v) is 5.96. The van der Waals surface area contributed by atoms with E-state index in [9.17, 15) is 9.90 Å². The highest BCUT2D eigenvalue weighted by Gasteiger charge is 2.14. The van der Waals surface area contributed by atoms with Crippen molar-refractivity contribution in [1.29, 1.82) is 0 Å². The summed E-state index contributed by atoms with van der Waals surface area (Å²) in [6.45, 7) is -0.423. The summed E-state index contributed by atoms with van der Waals surface area (Å²) in [6, 6.07) is 15.8. The lowest BCUT2D eigenvalue weighted by Crippen LogP contribution is -2.24. The van der Waals surface area contributed by atoms with Crippen molar-refractivity contribution in [3.63, 3.8) is 0 Å². The fourth-order valence-electron chi connectivity index (χ4n) is 1.78. The SMILES string of the molecule is O=C(c1ccccc1)c1ccccc1NC(O)CO. The van der Waals surface area contributed by atoms with Crippen LogP contribution in [0, 0.1) is 0 Å². The highest BCUT2D eigenvalue weighted by atomic mass is 16.3. The van der Waals surface area contributed by atoms with Crippen molar-refractivity contribution in [1.82, 2.24) is 0 Å². The molecule has 0 aliphatic carbocycles. The molecule has 0 bridgehead atoms. The number of anilines is 1. The molecule has 4 heteroatoms. The molecule has 0 saturated heterocycles. The normalized spacial score (nSPS) is 11.9. The third kappa shape index (κ3) is 3.19. The maximum absolute atomic E-state index is 12.4. The van der Waals surface area contributed by atoms with Gasteiger partial charge in [0.05, 0.1) is 6.61 Å². The van der Waals surface area contributed by atoms with Crippen LogP contribution < -0.4 is 5.32 Å². The van der Waals surface area contributed by atoms with Crippen molar-refractivity contribution in [3.8, 4) is 0 Å². The minimum Gasteiger partial charge on any atom is -0.392 e. The number of aliphatic hydroxyl groups is 2. The van der Waals surface area contributed by atoms with Gasteiger partial charge in [-0.3, -0.25) is 4.79 Å². The van der Waals surface area contributed by atoms with E-state index in [1.165, 1.54) is 0 Å². The first-order valence-electron chi connectivity index (χ1n) is 5.96. The number of rotatable bonds is 5. The molecule has 0 aliphatic rings. The maximum atomic E-state index is 12.4. The molecule has 1 unspecified atom stereocenters. The second kappa shape index (κ2) is 6.13. The van der Waals surface area contributed by atoms with E-state index < -0.39 is 12.8 Å². The second-order valence-electron chi connectivity index (χ2n) is 4.08. The van der Waals surface area contributed by atoms with Gasteiger partial charge in [-0.15, -0.1) is 0 Å². The van der Waals surface area contributed by atoms with E-state index in [0.717, 1.165) is 0 Å². The van der Waals surface area contributed by atoms with E-state index in [-0.39, 0.29) is 5.78 Å². The summed E-state index contributed by atoms with van der Waals surface area (Å²) in [7, 11) is 0. The lowest BCUT2D eigenvalue weighted by Gasteiger charge is -2.14. The third-order valence-corrected chi connectivity index (χ3v) is 2.70. The molecule has 98 valence electrons. The highest BCUT2D eigenvalue weighted by molar-refractivity contribution is 6.12. The Balaban J connectivity index is 2.32. The van der Waals surface area contributed by atoms with Gasteiger partial charge in [0.15, 0.2) is 5.78 Å². The molecule has 0 radical (unpaired) electrons. The average Bonchev–Trinajstić information content (AvgIpc) is 2.48. The summed E-state index contributed by atoms with van der Waals surface area (Å²) >= 11 is 0. The fraction of sp³-hybridized carbons (Fsp3) is 0.133. The monoisotopic (exact) mass is 257 g/mol. The van der Waals surface area contributed by atoms with E-state index in [4.69, 9.17) is 5.11 Å². The zero-order valence-electron chi connectivity index (χ0n) is 10.3. The molecule has 0 amide bonds. The predicted molar refractivity (Wildman–Crippen MR) is 73.0 cm³/mol. The number of ketones is 1. The van der Waals surface area contributed by atoms with Gasteiger partial charge in [0.1, 0.15) is 6.23 Å². The quantitative estimate of drug-likeness (QED) is 0.562. The molecule has 3 N–H and O–H groups in total. The lowest BCUT2D eigenvalue weighted by atomic mass is 10.0. The van der Waals surface area contributed by atoms with Crippen LogP contribution >= 0.6 is 0 Å². The number of hydrogen-bond acceptors (Lipinski definition) is 4. The zero-order chi connectivity index (χ0) is 13.7. The molecule has 4 nitrogen and oxygen atoms in total. The highest BCUT2D eigenvalue weighted by Crippen LogP contribution is 2.19. The summed E-state index contributed by atoms with van der Waals surface area (Å²) in [5.74, 6) is -0.131. The smallest absolute Gasteiger partial charge is 0.195 e. The number of hydrogen-bond donors (Lipinski definition) is 3. The van der Waals surface area contributed by atoms with Gasteiger partial charge in [-0.25, -0.2) is 0 Å². The molecule has 1 atom stereocenters. The third-order valence-electron chi connectivity index (χ3n) is 2.70. The topological polar surface area (TPSA) is 69.6 Å². The standard InChI is InChI=1S/C15H15NO3/c17-10-14(18)16-13-9-5-4-8-12(13)15(19)11-6-2-1-3-7-11/h1-9,14,16-18H,10H2. The zero-order valence-corrected chi connectivity index (χ0v) is 10.3. The Morgan fingerprint density at radius 1 is 1.05 bits per heavy atom. The molecule has 2 aromatic carbocycles. The molecule has 19 heavy (non-hydrogen) atoms. The van der Waals surface area contributed by atoms with Crippen LogP contribution in [0.3, 0.4) is 0 Å². The Hall–Kier alpha value is -2.17. The lowest BCUT2D eigenvalue weighted by molar-refractivity contribution is 0.103. The summed E-state index contributed by atoms with van der Waals surface area (Å²) in [4.78, 5) is 12.4. The van der Waals surface area contributed by atoms with Crippen molar-refractivity contribution < 1.29 is 15.0 Å². The number of nitrogens with one attached hydrogen (secondary N) is 1. The largest absolute Gasteiger partial charge is 0.392 e. The van der Waals surface area contributed by atoms with Crippen molar-refractivity contribution >= 4 is 11.5 Å². The van der Waals surface area contributed by atoms with Crippen molar-refractivity contribution in [2.24, 2.45) is 0 Å². The predicted octanol–water partition coefficient (Wildman–Crippen LogP) is 1.64. The Morgan fingerprint density at radius 3 is 2.37 bits per heavy atom. The first-order chi connectivity index (χ1) is 9.22. The van der Waals surface area contributed by atoms with Crippen molar-refractivity contribution in [2.45, 2.75) is 6.23 Å². The Bertz CT molecular complexity index is 554. The van der Waals surface area contributed by atoms with Gasteiger partial charge in [-0.05, 0) is 12.1 Å². The molecule has 2 aromatic rings. The number of para-hydroxylation sites is 1. The van der Waals surface area contributed by atoms with Crippen LogP contribution in [0.2, 0.25) is 0 Å². The molecule has 0 fully saturated rings. The van der Waals surface area contributed by atoms with Gasteiger partial charge in [-0.2, -0.15) is 0 Å². The molecule has 0 saturated carbocycles. The van der Waals surface area contributed by atoms with E-state index in [1.807, 2.05) is 6.07 Å². The van der Waals surface area contributed by atoms with Crippen molar-refractivity contribution in [3.05, 3.63) is 65.7 Å². The molecule has 0 aromatic heterocycles. The molecule has 0 spiro atoms. The van der Waals surface area contributed by atoms with Crippen LogP contribution in [0.1, 0.15) is 15.9 Å². The van der Waals surface area contributed by atoms with E-state index in [1.54, 1.807) is 48.5 Å². The van der Waals surface area contributed by atoms with Gasteiger partial charge >= 0.3 is 0 Å². The minimum absolute atomic E-state index is 0.131. The van der Waals surface area contributed by atoms with Gasteiger partial charge in [0.25, 0.3) is 0 Å². The van der Waals surface area contributed by atoms with Gasteiger partial charge in [-0.1, -0.05) is 42.5 Å². The summed E-state index contributed by atoms with van der Waals surface area (Å²) in [6.07, 6.45) is -1.09. The van der Waals surface area contributed by atoms with Gasteiger partial charge in [0.2, 0.25) is 0 Å². The summed E-state index contributed by atoms with van der Waals surface area (Å²) in [5, 5.41) is 21.0. The van der Waals surface area contributed by atoms with Crippen LogP contribution in [0.4, 0.5) is 5.69 Å².